The molecule has 0 spiro atoms. The molecule has 0 amide bonds. The Hall–Kier alpha value is -0.790. The number of hydrogen-bond donors (Lipinski definition) is 0. The molecule has 0 radical (unpaired) electrons. The second-order valence-electron chi connectivity index (χ2n) is 11.6. The van der Waals surface area contributed by atoms with E-state index in [4.69, 9.17) is 4.74 Å². The molecule has 5 atom stereocenters. The van der Waals surface area contributed by atoms with Gasteiger partial charge in [-0.25, -0.2) is 4.79 Å². The summed E-state index contributed by atoms with van der Waals surface area (Å²) in [7, 11) is 0. The van der Waals surface area contributed by atoms with Crippen LogP contribution in [-0.4, -0.2) is 11.6 Å². The van der Waals surface area contributed by atoms with Gasteiger partial charge in [0.1, 0.15) is 5.60 Å². The number of carbonyl (C=O) groups excluding carboxylic acids is 1. The molecule has 0 aromatic rings. The van der Waals surface area contributed by atoms with Crippen molar-refractivity contribution in [3.63, 3.8) is 0 Å². The van der Waals surface area contributed by atoms with Crippen LogP contribution in [0.25, 0.3) is 0 Å². The number of carbonyl (C=O) groups is 1. The van der Waals surface area contributed by atoms with Gasteiger partial charge in [-0.15, -0.1) is 0 Å². The highest BCUT2D eigenvalue weighted by molar-refractivity contribution is 5.87. The predicted octanol–water partition coefficient (Wildman–Crippen LogP) is 5.91. The first kappa shape index (κ1) is 17.3. The lowest BCUT2D eigenvalue weighted by atomic mass is 9.38. The largest absolute Gasteiger partial charge is 0.456 e. The molecule has 6 fully saturated rings. The van der Waals surface area contributed by atoms with Crippen LogP contribution in [0.2, 0.25) is 0 Å². The quantitative estimate of drug-likeness (QED) is 0.462. The minimum absolute atomic E-state index is 0.195. The van der Waals surface area contributed by atoms with Crippen LogP contribution < -0.4 is 0 Å². The Labute approximate surface area is 159 Å². The lowest BCUT2D eigenvalue weighted by Gasteiger charge is -2.68. The molecule has 144 valence electrons. The first-order valence-electron chi connectivity index (χ1n) is 11.1. The maximum Gasteiger partial charge on any atom is 0.333 e. The molecule has 0 heterocycles. The summed E-state index contributed by atoms with van der Waals surface area (Å²) in [5.74, 6) is 4.56. The summed E-state index contributed by atoms with van der Waals surface area (Å²) >= 11 is 0. The summed E-state index contributed by atoms with van der Waals surface area (Å²) in [5.41, 5.74) is 0.926. The Morgan fingerprint density at radius 3 is 2.23 bits per heavy atom. The molecule has 6 aliphatic carbocycles. The van der Waals surface area contributed by atoms with Crippen LogP contribution >= 0.6 is 0 Å². The molecule has 26 heavy (non-hydrogen) atoms. The zero-order valence-corrected chi connectivity index (χ0v) is 17.0. The third kappa shape index (κ3) is 2.32. The molecule has 2 nitrogen and oxygen atoms in total. The first-order chi connectivity index (χ1) is 12.2. The molecule has 0 aromatic heterocycles. The van der Waals surface area contributed by atoms with Crippen LogP contribution in [0.5, 0.6) is 0 Å². The second kappa shape index (κ2) is 5.39. The number of hydrogen-bond acceptors (Lipinski definition) is 2. The Morgan fingerprint density at radius 1 is 1.00 bits per heavy atom. The van der Waals surface area contributed by atoms with Crippen LogP contribution in [0.4, 0.5) is 0 Å². The van der Waals surface area contributed by atoms with Crippen molar-refractivity contribution in [1.29, 1.82) is 0 Å². The summed E-state index contributed by atoms with van der Waals surface area (Å²) in [4.78, 5) is 12.4. The number of rotatable bonds is 4. The molecular weight excluding hydrogens is 320 g/mol. The second-order valence-corrected chi connectivity index (χ2v) is 11.6. The lowest BCUT2D eigenvalue weighted by molar-refractivity contribution is -0.223. The average molecular weight is 357 g/mol. The van der Waals surface area contributed by atoms with Crippen LogP contribution in [0.1, 0.15) is 85.0 Å². The number of fused-ring (bicyclic) bond motifs is 2. The monoisotopic (exact) mass is 356 g/mol. The van der Waals surface area contributed by atoms with Gasteiger partial charge in [-0.2, -0.15) is 0 Å². The first-order valence-corrected chi connectivity index (χ1v) is 11.1. The summed E-state index contributed by atoms with van der Waals surface area (Å²) in [6.45, 7) is 9.99. The molecule has 2 heteroatoms. The molecule has 6 aliphatic rings. The van der Waals surface area contributed by atoms with Crippen molar-refractivity contribution in [3.8, 4) is 0 Å². The molecule has 0 saturated heterocycles. The third-order valence-electron chi connectivity index (χ3n) is 9.60. The van der Waals surface area contributed by atoms with Crippen molar-refractivity contribution in [1.82, 2.24) is 0 Å². The summed E-state index contributed by atoms with van der Waals surface area (Å²) in [6, 6.07) is 0. The maximum atomic E-state index is 12.4. The van der Waals surface area contributed by atoms with E-state index in [9.17, 15) is 4.79 Å². The third-order valence-corrected chi connectivity index (χ3v) is 9.60. The normalized spacial score (nSPS) is 48.8. The van der Waals surface area contributed by atoms with E-state index in [-0.39, 0.29) is 17.0 Å². The van der Waals surface area contributed by atoms with E-state index < -0.39 is 0 Å². The molecule has 6 bridgehead atoms. The molecule has 0 aliphatic heterocycles. The van der Waals surface area contributed by atoms with Crippen LogP contribution in [0, 0.1) is 40.4 Å². The van der Waals surface area contributed by atoms with E-state index in [1.54, 1.807) is 6.92 Å². The summed E-state index contributed by atoms with van der Waals surface area (Å²) < 4.78 is 6.12. The minimum Gasteiger partial charge on any atom is -0.456 e. The van der Waals surface area contributed by atoms with Crippen LogP contribution in [0.15, 0.2) is 12.2 Å². The van der Waals surface area contributed by atoms with Crippen LogP contribution in [-0.2, 0) is 9.53 Å². The van der Waals surface area contributed by atoms with E-state index in [2.05, 4.69) is 20.4 Å². The smallest absolute Gasteiger partial charge is 0.333 e. The fourth-order valence-corrected chi connectivity index (χ4v) is 8.89. The van der Waals surface area contributed by atoms with Gasteiger partial charge in [-0.1, -0.05) is 13.0 Å². The predicted molar refractivity (Wildman–Crippen MR) is 103 cm³/mol. The van der Waals surface area contributed by atoms with Gasteiger partial charge in [0, 0.05) is 11.0 Å². The fraction of sp³-hybridized carbons (Fsp3) is 0.875. The van der Waals surface area contributed by atoms with Crippen molar-refractivity contribution in [3.05, 3.63) is 12.2 Å². The Morgan fingerprint density at radius 2 is 1.69 bits per heavy atom. The Balaban J connectivity index is 1.47. The van der Waals surface area contributed by atoms with Crippen molar-refractivity contribution in [2.45, 2.75) is 90.6 Å². The van der Waals surface area contributed by atoms with Gasteiger partial charge in [0.15, 0.2) is 0 Å². The minimum atomic E-state index is -0.371. The van der Waals surface area contributed by atoms with E-state index in [0.29, 0.717) is 11.0 Å². The topological polar surface area (TPSA) is 26.3 Å². The Bertz CT molecular complexity index is 631. The molecule has 6 saturated carbocycles. The highest BCUT2D eigenvalue weighted by Crippen LogP contribution is 2.73. The number of ether oxygens (including phenoxy) is 1. The standard InChI is InChI=1S/C24H36O2/c1-15(2)21(25)26-22(3,4)24-12-17-7-18(13-24)11-23(10-17,14-24)20-9-16-5-6-19(20)8-16/h16-20H,1,5-14H2,2-4H3. The van der Waals surface area contributed by atoms with Gasteiger partial charge in [0.2, 0.25) is 0 Å². The number of esters is 1. The van der Waals surface area contributed by atoms with E-state index in [0.717, 1.165) is 29.6 Å². The maximum absolute atomic E-state index is 12.4. The SMILES string of the molecule is C=C(C)C(=O)OC(C)(C)C12CC3CC(CC(C4CC5CCC4C5)(C3)C1)C2. The molecule has 6 rings (SSSR count). The van der Waals surface area contributed by atoms with Gasteiger partial charge in [0.05, 0.1) is 0 Å². The highest BCUT2D eigenvalue weighted by Gasteiger charge is 2.66. The van der Waals surface area contributed by atoms with Crippen molar-refractivity contribution >= 4 is 5.97 Å². The van der Waals surface area contributed by atoms with Crippen molar-refractivity contribution in [2.24, 2.45) is 40.4 Å². The van der Waals surface area contributed by atoms with Crippen molar-refractivity contribution in [2.75, 3.05) is 0 Å². The van der Waals surface area contributed by atoms with E-state index >= 15 is 0 Å². The van der Waals surface area contributed by atoms with E-state index in [1.165, 1.54) is 64.2 Å². The molecule has 0 N–H and O–H groups in total. The Kier molecular flexibility index (Phi) is 3.59. The fourth-order valence-electron chi connectivity index (χ4n) is 8.89. The summed E-state index contributed by atoms with van der Waals surface area (Å²) in [5, 5.41) is 0. The zero-order valence-electron chi connectivity index (χ0n) is 17.0. The highest BCUT2D eigenvalue weighted by atomic mass is 16.6. The zero-order chi connectivity index (χ0) is 18.3. The molecule has 0 aromatic carbocycles. The van der Waals surface area contributed by atoms with Gasteiger partial charge in [0.25, 0.3) is 0 Å². The van der Waals surface area contributed by atoms with Gasteiger partial charge in [-0.3, -0.25) is 0 Å². The average Bonchev–Trinajstić information content (AvgIpc) is 3.16. The van der Waals surface area contributed by atoms with Crippen LogP contribution in [0.3, 0.4) is 0 Å². The van der Waals surface area contributed by atoms with Gasteiger partial charge < -0.3 is 4.74 Å². The molecule has 5 unspecified atom stereocenters. The summed E-state index contributed by atoms with van der Waals surface area (Å²) in [6.07, 6.45) is 14.3. The van der Waals surface area contributed by atoms with Gasteiger partial charge >= 0.3 is 5.97 Å². The van der Waals surface area contributed by atoms with Crippen molar-refractivity contribution < 1.29 is 9.53 Å². The lowest BCUT2D eigenvalue weighted by Crippen LogP contribution is -2.62. The van der Waals surface area contributed by atoms with Gasteiger partial charge in [-0.05, 0) is 114 Å². The van der Waals surface area contributed by atoms with E-state index in [1.807, 2.05) is 0 Å². The molecular formula is C24H36O2.